The molecule has 76 valence electrons. The third-order valence-electron chi connectivity index (χ3n) is 1.82. The summed E-state index contributed by atoms with van der Waals surface area (Å²) in [7, 11) is 0. The van der Waals surface area contributed by atoms with Crippen LogP contribution in [0.2, 0.25) is 0 Å². The van der Waals surface area contributed by atoms with Gasteiger partial charge in [0, 0.05) is 0 Å². The fourth-order valence-corrected chi connectivity index (χ4v) is 1.06. The van der Waals surface area contributed by atoms with Crippen molar-refractivity contribution in [2.24, 2.45) is 0 Å². The van der Waals surface area contributed by atoms with Crippen LogP contribution >= 0.6 is 0 Å². The molecule has 1 saturated heterocycles. The van der Waals surface area contributed by atoms with E-state index in [0.29, 0.717) is 0 Å². The molecule has 0 radical (unpaired) electrons. The molecule has 0 aromatic heterocycles. The van der Waals surface area contributed by atoms with Crippen molar-refractivity contribution in [3.05, 3.63) is 0 Å². The highest BCUT2D eigenvalue weighted by atomic mass is 16.6. The van der Waals surface area contributed by atoms with Crippen LogP contribution in [0.1, 0.15) is 0 Å². The zero-order valence-electron chi connectivity index (χ0n) is 6.40. The zero-order chi connectivity index (χ0) is 10.2. The number of carboxylic acids is 1. The molecule has 0 amide bonds. The maximum atomic E-state index is 10.3. The standard InChI is InChI=1S/C6H10O7/c7-1-2(8)4(5(10)11)13-6(12)3(1)9/h1-4,6-9,12H,(H,10,11)/p-1/t1-,2-,3-,4-,6-/m0/s1. The number of aliphatic hydroxyl groups excluding tert-OH is 4. The van der Waals surface area contributed by atoms with Gasteiger partial charge in [-0.1, -0.05) is 0 Å². The normalized spacial score (nSPS) is 46.0. The van der Waals surface area contributed by atoms with Crippen molar-refractivity contribution in [1.82, 2.24) is 0 Å². The van der Waals surface area contributed by atoms with E-state index in [4.69, 9.17) is 20.4 Å². The number of ether oxygens (including phenoxy) is 1. The van der Waals surface area contributed by atoms with Gasteiger partial charge < -0.3 is 35.1 Å². The minimum Gasteiger partial charge on any atom is -0.547 e. The van der Waals surface area contributed by atoms with Gasteiger partial charge in [0.05, 0.1) is 5.97 Å². The predicted molar refractivity (Wildman–Crippen MR) is 33.9 cm³/mol. The van der Waals surface area contributed by atoms with Crippen molar-refractivity contribution >= 4 is 5.97 Å². The highest BCUT2D eigenvalue weighted by Gasteiger charge is 2.43. The van der Waals surface area contributed by atoms with Gasteiger partial charge in [0.1, 0.15) is 24.4 Å². The lowest BCUT2D eigenvalue weighted by Crippen LogP contribution is -2.62. The Labute approximate surface area is 72.8 Å². The summed E-state index contributed by atoms with van der Waals surface area (Å²) in [5, 5.41) is 46.1. The second kappa shape index (κ2) is 3.56. The van der Waals surface area contributed by atoms with Crippen molar-refractivity contribution < 1.29 is 35.1 Å². The van der Waals surface area contributed by atoms with Crippen molar-refractivity contribution in [2.75, 3.05) is 0 Å². The second-order valence-electron chi connectivity index (χ2n) is 2.74. The van der Waals surface area contributed by atoms with Crippen LogP contribution in [0.4, 0.5) is 0 Å². The van der Waals surface area contributed by atoms with Crippen molar-refractivity contribution in [1.29, 1.82) is 0 Å². The van der Waals surface area contributed by atoms with Gasteiger partial charge in [-0.25, -0.2) is 0 Å². The first-order valence-corrected chi connectivity index (χ1v) is 3.53. The molecule has 0 bridgehead atoms. The third-order valence-corrected chi connectivity index (χ3v) is 1.82. The maximum Gasteiger partial charge on any atom is 0.184 e. The molecule has 7 nitrogen and oxygen atoms in total. The average Bonchev–Trinajstić information content (AvgIpc) is 2.07. The lowest BCUT2D eigenvalue weighted by Gasteiger charge is -2.38. The van der Waals surface area contributed by atoms with E-state index >= 15 is 0 Å². The molecule has 1 fully saturated rings. The number of aliphatic carboxylic acids is 1. The minimum atomic E-state index is -1.85. The first kappa shape index (κ1) is 10.4. The molecular weight excluding hydrogens is 184 g/mol. The van der Waals surface area contributed by atoms with Crippen LogP contribution in [-0.2, 0) is 9.53 Å². The monoisotopic (exact) mass is 193 g/mol. The fourth-order valence-electron chi connectivity index (χ4n) is 1.06. The quantitative estimate of drug-likeness (QED) is 0.330. The molecule has 1 aliphatic rings. The van der Waals surface area contributed by atoms with E-state index in [1.165, 1.54) is 0 Å². The summed E-state index contributed by atoms with van der Waals surface area (Å²) in [4.78, 5) is 10.3. The van der Waals surface area contributed by atoms with E-state index in [1.807, 2.05) is 0 Å². The van der Waals surface area contributed by atoms with Crippen LogP contribution in [-0.4, -0.2) is 57.1 Å². The molecule has 0 spiro atoms. The van der Waals surface area contributed by atoms with Crippen LogP contribution < -0.4 is 5.11 Å². The van der Waals surface area contributed by atoms with Crippen LogP contribution in [0.3, 0.4) is 0 Å². The van der Waals surface area contributed by atoms with Crippen molar-refractivity contribution in [3.63, 3.8) is 0 Å². The van der Waals surface area contributed by atoms with Crippen LogP contribution in [0.5, 0.6) is 0 Å². The number of rotatable bonds is 1. The third kappa shape index (κ3) is 1.79. The topological polar surface area (TPSA) is 130 Å². The molecule has 0 aromatic rings. The van der Waals surface area contributed by atoms with Crippen LogP contribution in [0, 0.1) is 0 Å². The summed E-state index contributed by atoms with van der Waals surface area (Å²) in [5.41, 5.74) is 0. The van der Waals surface area contributed by atoms with E-state index in [9.17, 15) is 9.90 Å². The SMILES string of the molecule is O=C([O-])[C@H]1O[C@H](O)[C@@H](O)[C@@H](O)[C@@H]1O. The van der Waals surface area contributed by atoms with Gasteiger partial charge >= 0.3 is 0 Å². The zero-order valence-corrected chi connectivity index (χ0v) is 6.40. The molecule has 4 N–H and O–H groups in total. The Hall–Kier alpha value is -0.730. The number of hydrogen-bond donors (Lipinski definition) is 4. The minimum absolute atomic E-state index is 1.73. The Balaban J connectivity index is 2.76. The van der Waals surface area contributed by atoms with Gasteiger partial charge in [-0.15, -0.1) is 0 Å². The molecule has 13 heavy (non-hydrogen) atoms. The molecule has 7 heteroatoms. The highest BCUT2D eigenvalue weighted by molar-refractivity contribution is 5.71. The van der Waals surface area contributed by atoms with Crippen LogP contribution in [0.25, 0.3) is 0 Å². The van der Waals surface area contributed by atoms with Gasteiger partial charge in [0.2, 0.25) is 0 Å². The predicted octanol–water partition coefficient (Wildman–Crippen LogP) is -4.46. The summed E-state index contributed by atoms with van der Waals surface area (Å²) in [6, 6.07) is 0. The Morgan fingerprint density at radius 3 is 2.08 bits per heavy atom. The average molecular weight is 193 g/mol. The van der Waals surface area contributed by atoms with E-state index in [-0.39, 0.29) is 0 Å². The lowest BCUT2D eigenvalue weighted by molar-refractivity contribution is -0.345. The first-order chi connectivity index (χ1) is 5.95. The molecule has 5 atom stereocenters. The molecule has 0 unspecified atom stereocenters. The Morgan fingerprint density at radius 1 is 1.08 bits per heavy atom. The van der Waals surface area contributed by atoms with Gasteiger partial charge in [0.15, 0.2) is 6.29 Å². The molecule has 1 aliphatic heterocycles. The van der Waals surface area contributed by atoms with E-state index in [1.54, 1.807) is 0 Å². The van der Waals surface area contributed by atoms with Crippen molar-refractivity contribution in [3.8, 4) is 0 Å². The molecular formula is C6H9O7-. The van der Waals surface area contributed by atoms with Gasteiger partial charge in [-0.3, -0.25) is 0 Å². The molecule has 0 aliphatic carbocycles. The molecule has 1 heterocycles. The van der Waals surface area contributed by atoms with Gasteiger partial charge in [-0.05, 0) is 0 Å². The molecule has 0 aromatic carbocycles. The number of hydrogen-bond acceptors (Lipinski definition) is 7. The summed E-state index contributed by atoms with van der Waals surface area (Å²) in [6.45, 7) is 0. The van der Waals surface area contributed by atoms with Gasteiger partial charge in [-0.2, -0.15) is 0 Å². The summed E-state index contributed by atoms with van der Waals surface area (Å²) in [5.74, 6) is -1.77. The lowest BCUT2D eigenvalue weighted by atomic mass is 9.99. The molecule has 1 rings (SSSR count). The largest absolute Gasteiger partial charge is 0.547 e. The summed E-state index contributed by atoms with van der Waals surface area (Å²) >= 11 is 0. The van der Waals surface area contributed by atoms with E-state index in [2.05, 4.69) is 4.74 Å². The summed E-state index contributed by atoms with van der Waals surface area (Å²) in [6.07, 6.45) is -9.00. The van der Waals surface area contributed by atoms with Crippen molar-refractivity contribution in [2.45, 2.75) is 30.7 Å². The Kier molecular flexibility index (Phi) is 2.84. The number of carbonyl (C=O) groups is 1. The fraction of sp³-hybridized carbons (Fsp3) is 0.833. The number of aliphatic hydroxyl groups is 4. The number of carbonyl (C=O) groups excluding carboxylic acids is 1. The second-order valence-corrected chi connectivity index (χ2v) is 2.74. The Morgan fingerprint density at radius 2 is 1.62 bits per heavy atom. The maximum absolute atomic E-state index is 10.3. The smallest absolute Gasteiger partial charge is 0.184 e. The first-order valence-electron chi connectivity index (χ1n) is 3.53. The summed E-state index contributed by atoms with van der Waals surface area (Å²) < 4.78 is 4.28. The Bertz CT molecular complexity index is 205. The van der Waals surface area contributed by atoms with E-state index in [0.717, 1.165) is 0 Å². The van der Waals surface area contributed by atoms with E-state index < -0.39 is 36.7 Å². The highest BCUT2D eigenvalue weighted by Crippen LogP contribution is 2.19. The van der Waals surface area contributed by atoms with Gasteiger partial charge in [0.25, 0.3) is 0 Å². The molecule has 0 saturated carbocycles. The number of carboxylic acid groups (broad SMARTS) is 1. The van der Waals surface area contributed by atoms with Crippen LogP contribution in [0.15, 0.2) is 0 Å².